The van der Waals surface area contributed by atoms with Gasteiger partial charge in [0.1, 0.15) is 5.75 Å². The Morgan fingerprint density at radius 3 is 2.68 bits per heavy atom. The molecule has 0 fully saturated rings. The Kier molecular flexibility index (Phi) is 4.17. The maximum absolute atomic E-state index is 5.93. The number of aromatic nitrogens is 1. The SMILES string of the molecule is Cc1ccc(C(C)C)c(Oc2cc(CN)ccn2)c1. The summed E-state index contributed by atoms with van der Waals surface area (Å²) in [5.41, 5.74) is 9.01. The second-order valence-corrected chi connectivity index (χ2v) is 5.00. The van der Waals surface area contributed by atoms with Crippen molar-refractivity contribution in [1.82, 2.24) is 4.98 Å². The first-order valence-electron chi connectivity index (χ1n) is 6.53. The number of rotatable bonds is 4. The second kappa shape index (κ2) is 5.85. The summed E-state index contributed by atoms with van der Waals surface area (Å²) >= 11 is 0. The van der Waals surface area contributed by atoms with Gasteiger partial charge in [-0.25, -0.2) is 4.98 Å². The summed E-state index contributed by atoms with van der Waals surface area (Å²) in [5.74, 6) is 1.88. The maximum atomic E-state index is 5.93. The van der Waals surface area contributed by atoms with Crippen molar-refractivity contribution in [3.8, 4) is 11.6 Å². The third-order valence-corrected chi connectivity index (χ3v) is 3.04. The lowest BCUT2D eigenvalue weighted by Gasteiger charge is -2.14. The summed E-state index contributed by atoms with van der Waals surface area (Å²) in [6.07, 6.45) is 1.72. The number of aryl methyl sites for hydroxylation is 1. The third-order valence-electron chi connectivity index (χ3n) is 3.04. The van der Waals surface area contributed by atoms with Gasteiger partial charge in [0.05, 0.1) is 0 Å². The van der Waals surface area contributed by atoms with Gasteiger partial charge in [0, 0.05) is 18.8 Å². The van der Waals surface area contributed by atoms with E-state index in [2.05, 4.69) is 37.9 Å². The quantitative estimate of drug-likeness (QED) is 0.906. The van der Waals surface area contributed by atoms with Crippen LogP contribution in [0, 0.1) is 6.92 Å². The molecule has 0 unspecified atom stereocenters. The van der Waals surface area contributed by atoms with Gasteiger partial charge in [0.15, 0.2) is 0 Å². The van der Waals surface area contributed by atoms with Crippen LogP contribution in [0.1, 0.15) is 36.5 Å². The van der Waals surface area contributed by atoms with Gasteiger partial charge in [0.2, 0.25) is 5.88 Å². The van der Waals surface area contributed by atoms with Crippen molar-refractivity contribution in [1.29, 1.82) is 0 Å². The molecule has 2 rings (SSSR count). The zero-order valence-corrected chi connectivity index (χ0v) is 11.7. The van der Waals surface area contributed by atoms with E-state index in [0.717, 1.165) is 11.3 Å². The van der Waals surface area contributed by atoms with Gasteiger partial charge in [-0.2, -0.15) is 0 Å². The minimum atomic E-state index is 0.410. The van der Waals surface area contributed by atoms with Gasteiger partial charge in [-0.3, -0.25) is 0 Å². The number of hydrogen-bond acceptors (Lipinski definition) is 3. The molecule has 0 aliphatic carbocycles. The smallest absolute Gasteiger partial charge is 0.219 e. The predicted octanol–water partition coefficient (Wildman–Crippen LogP) is 3.76. The van der Waals surface area contributed by atoms with Crippen LogP contribution in [0.3, 0.4) is 0 Å². The Balaban J connectivity index is 2.33. The highest BCUT2D eigenvalue weighted by atomic mass is 16.5. The lowest BCUT2D eigenvalue weighted by molar-refractivity contribution is 0.453. The first-order valence-corrected chi connectivity index (χ1v) is 6.53. The molecule has 0 saturated carbocycles. The number of pyridine rings is 1. The van der Waals surface area contributed by atoms with E-state index < -0.39 is 0 Å². The van der Waals surface area contributed by atoms with Crippen molar-refractivity contribution in [3.63, 3.8) is 0 Å². The van der Waals surface area contributed by atoms with E-state index >= 15 is 0 Å². The molecule has 1 heterocycles. The molecule has 1 aromatic carbocycles. The van der Waals surface area contributed by atoms with Crippen LogP contribution in [0.25, 0.3) is 0 Å². The Morgan fingerprint density at radius 1 is 1.21 bits per heavy atom. The molecule has 3 heteroatoms. The van der Waals surface area contributed by atoms with E-state index in [1.54, 1.807) is 6.20 Å². The molecule has 19 heavy (non-hydrogen) atoms. The number of hydrogen-bond donors (Lipinski definition) is 1. The molecule has 2 N–H and O–H groups in total. The van der Waals surface area contributed by atoms with E-state index in [-0.39, 0.29) is 0 Å². The van der Waals surface area contributed by atoms with Crippen LogP contribution in [0.4, 0.5) is 0 Å². The molecule has 0 saturated heterocycles. The van der Waals surface area contributed by atoms with Crippen LogP contribution in [-0.2, 0) is 6.54 Å². The molecule has 2 aromatic rings. The first kappa shape index (κ1) is 13.6. The van der Waals surface area contributed by atoms with Crippen molar-refractivity contribution in [2.45, 2.75) is 33.2 Å². The lowest BCUT2D eigenvalue weighted by atomic mass is 10.0. The van der Waals surface area contributed by atoms with Crippen molar-refractivity contribution in [3.05, 3.63) is 53.2 Å². The monoisotopic (exact) mass is 256 g/mol. The summed E-state index contributed by atoms with van der Waals surface area (Å²) in [7, 11) is 0. The number of benzene rings is 1. The molecule has 100 valence electrons. The highest BCUT2D eigenvalue weighted by Gasteiger charge is 2.09. The van der Waals surface area contributed by atoms with Crippen LogP contribution in [-0.4, -0.2) is 4.98 Å². The van der Waals surface area contributed by atoms with Gasteiger partial charge in [0.25, 0.3) is 0 Å². The Hall–Kier alpha value is -1.87. The average molecular weight is 256 g/mol. The van der Waals surface area contributed by atoms with E-state index in [0.29, 0.717) is 18.3 Å². The molecule has 0 radical (unpaired) electrons. The fourth-order valence-corrected chi connectivity index (χ4v) is 1.95. The van der Waals surface area contributed by atoms with E-state index in [9.17, 15) is 0 Å². The molecule has 0 spiro atoms. The Morgan fingerprint density at radius 2 is 2.00 bits per heavy atom. The van der Waals surface area contributed by atoms with Gasteiger partial charge in [-0.15, -0.1) is 0 Å². The summed E-state index contributed by atoms with van der Waals surface area (Å²) in [6.45, 7) is 6.85. The molecule has 1 aromatic heterocycles. The Labute approximate surface area is 114 Å². The van der Waals surface area contributed by atoms with Crippen LogP contribution >= 0.6 is 0 Å². The van der Waals surface area contributed by atoms with Crippen LogP contribution in [0.2, 0.25) is 0 Å². The molecule has 0 amide bonds. The van der Waals surface area contributed by atoms with E-state index in [1.165, 1.54) is 11.1 Å². The molecule has 0 atom stereocenters. The average Bonchev–Trinajstić information content (AvgIpc) is 2.38. The van der Waals surface area contributed by atoms with E-state index in [1.807, 2.05) is 18.2 Å². The summed E-state index contributed by atoms with van der Waals surface area (Å²) in [5, 5.41) is 0. The van der Waals surface area contributed by atoms with Gasteiger partial charge >= 0.3 is 0 Å². The number of ether oxygens (including phenoxy) is 1. The van der Waals surface area contributed by atoms with Crippen molar-refractivity contribution in [2.24, 2.45) is 5.73 Å². The van der Waals surface area contributed by atoms with Crippen LogP contribution in [0.15, 0.2) is 36.5 Å². The molecule has 0 aliphatic rings. The number of nitrogens with two attached hydrogens (primary N) is 1. The third kappa shape index (κ3) is 3.32. The van der Waals surface area contributed by atoms with Gasteiger partial charge in [-0.1, -0.05) is 26.0 Å². The topological polar surface area (TPSA) is 48.1 Å². The van der Waals surface area contributed by atoms with Crippen molar-refractivity contribution >= 4 is 0 Å². The van der Waals surface area contributed by atoms with Crippen LogP contribution < -0.4 is 10.5 Å². The predicted molar refractivity (Wildman–Crippen MR) is 77.5 cm³/mol. The molecular formula is C16H20N2O. The second-order valence-electron chi connectivity index (χ2n) is 5.00. The Bertz CT molecular complexity index is 564. The number of nitrogens with zero attached hydrogens (tertiary/aromatic N) is 1. The fourth-order valence-electron chi connectivity index (χ4n) is 1.95. The summed E-state index contributed by atoms with van der Waals surface area (Å²) < 4.78 is 5.93. The minimum Gasteiger partial charge on any atom is -0.439 e. The summed E-state index contributed by atoms with van der Waals surface area (Å²) in [6, 6.07) is 10.0. The maximum Gasteiger partial charge on any atom is 0.219 e. The first-order chi connectivity index (χ1) is 9.10. The molecular weight excluding hydrogens is 236 g/mol. The van der Waals surface area contributed by atoms with Crippen LogP contribution in [0.5, 0.6) is 11.6 Å². The van der Waals surface area contributed by atoms with Crippen molar-refractivity contribution < 1.29 is 4.74 Å². The highest BCUT2D eigenvalue weighted by Crippen LogP contribution is 2.30. The summed E-state index contributed by atoms with van der Waals surface area (Å²) in [4.78, 5) is 4.23. The lowest BCUT2D eigenvalue weighted by Crippen LogP contribution is -1.99. The zero-order valence-electron chi connectivity index (χ0n) is 11.7. The normalized spacial score (nSPS) is 10.8. The molecule has 0 bridgehead atoms. The fraction of sp³-hybridized carbons (Fsp3) is 0.312. The zero-order chi connectivity index (χ0) is 13.8. The van der Waals surface area contributed by atoms with E-state index in [4.69, 9.17) is 10.5 Å². The molecule has 0 aliphatic heterocycles. The van der Waals surface area contributed by atoms with Crippen molar-refractivity contribution in [2.75, 3.05) is 0 Å². The highest BCUT2D eigenvalue weighted by molar-refractivity contribution is 5.41. The van der Waals surface area contributed by atoms with Gasteiger partial charge < -0.3 is 10.5 Å². The standard InChI is InChI=1S/C16H20N2O/c1-11(2)14-5-4-12(3)8-15(14)19-16-9-13(10-17)6-7-18-16/h4-9,11H,10,17H2,1-3H3. The minimum absolute atomic E-state index is 0.410. The molecule has 3 nitrogen and oxygen atoms in total. The largest absolute Gasteiger partial charge is 0.439 e. The van der Waals surface area contributed by atoms with Gasteiger partial charge in [-0.05, 0) is 41.7 Å².